The molecule has 3 aromatic carbocycles. The van der Waals surface area contributed by atoms with Crippen LogP contribution in [0.25, 0.3) is 0 Å². The van der Waals surface area contributed by atoms with Gasteiger partial charge in [0.25, 0.3) is 5.95 Å². The van der Waals surface area contributed by atoms with Crippen molar-refractivity contribution in [2.45, 2.75) is 19.0 Å². The number of aromatic nitrogens is 4. The van der Waals surface area contributed by atoms with Crippen LogP contribution in [0.3, 0.4) is 0 Å². The molecule has 1 N–H and O–H groups in total. The maximum absolute atomic E-state index is 11.8. The smallest absolute Gasteiger partial charge is 0.329 e. The van der Waals surface area contributed by atoms with Gasteiger partial charge in [-0.15, -0.1) is 5.10 Å². The van der Waals surface area contributed by atoms with E-state index in [-0.39, 0.29) is 6.54 Å². The van der Waals surface area contributed by atoms with Crippen LogP contribution in [0.15, 0.2) is 91.0 Å². The minimum Gasteiger partial charge on any atom is -0.465 e. The van der Waals surface area contributed by atoms with Crippen LogP contribution in [0.1, 0.15) is 23.6 Å². The van der Waals surface area contributed by atoms with Crippen LogP contribution in [0.2, 0.25) is 0 Å². The molecule has 7 nitrogen and oxygen atoms in total. The van der Waals surface area contributed by atoms with E-state index in [0.717, 1.165) is 16.7 Å². The Morgan fingerprint density at radius 3 is 1.81 bits per heavy atom. The van der Waals surface area contributed by atoms with Gasteiger partial charge in [0.15, 0.2) is 6.54 Å². The maximum Gasteiger partial charge on any atom is 0.329 e. The number of tetrazole rings is 1. The predicted octanol–water partition coefficient (Wildman–Crippen LogP) is 3.64. The molecule has 0 saturated heterocycles. The Balaban J connectivity index is 1.82. The molecule has 0 aliphatic heterocycles. The fraction of sp³-hybridized carbons (Fsp3) is 0.167. The molecule has 0 amide bonds. The lowest BCUT2D eigenvalue weighted by Gasteiger charge is -2.36. The van der Waals surface area contributed by atoms with Crippen molar-refractivity contribution < 1.29 is 9.53 Å². The van der Waals surface area contributed by atoms with E-state index in [1.807, 2.05) is 54.6 Å². The van der Waals surface area contributed by atoms with Gasteiger partial charge in [0, 0.05) is 0 Å². The van der Waals surface area contributed by atoms with E-state index in [4.69, 9.17) is 4.74 Å². The number of carbonyl (C=O) groups is 1. The number of ether oxygens (including phenoxy) is 1. The number of carbonyl (C=O) groups excluding carboxylic acids is 1. The van der Waals surface area contributed by atoms with E-state index in [1.165, 1.54) is 4.80 Å². The molecule has 4 aromatic rings. The van der Waals surface area contributed by atoms with Gasteiger partial charge < -0.3 is 10.1 Å². The van der Waals surface area contributed by atoms with Crippen LogP contribution in [0, 0.1) is 0 Å². The summed E-state index contributed by atoms with van der Waals surface area (Å²) in [7, 11) is 0. The second-order valence-corrected chi connectivity index (χ2v) is 6.92. The van der Waals surface area contributed by atoms with E-state index in [1.54, 1.807) is 6.92 Å². The molecule has 0 saturated carbocycles. The minimum atomic E-state index is -0.762. The first-order valence-corrected chi connectivity index (χ1v) is 10.1. The summed E-state index contributed by atoms with van der Waals surface area (Å²) in [6, 6.07) is 30.4. The van der Waals surface area contributed by atoms with Gasteiger partial charge in [0.05, 0.1) is 6.61 Å². The Hall–Kier alpha value is -4.00. The summed E-state index contributed by atoms with van der Waals surface area (Å²) in [6.07, 6.45) is 0. The zero-order chi connectivity index (χ0) is 21.5. The predicted molar refractivity (Wildman–Crippen MR) is 117 cm³/mol. The molecule has 0 fully saturated rings. The van der Waals surface area contributed by atoms with Crippen LogP contribution < -0.4 is 5.32 Å². The van der Waals surface area contributed by atoms with E-state index < -0.39 is 11.5 Å². The van der Waals surface area contributed by atoms with Crippen molar-refractivity contribution in [3.63, 3.8) is 0 Å². The molecule has 31 heavy (non-hydrogen) atoms. The summed E-state index contributed by atoms with van der Waals surface area (Å²) in [5, 5.41) is 16.1. The lowest BCUT2D eigenvalue weighted by atomic mass is 9.77. The van der Waals surface area contributed by atoms with E-state index in [9.17, 15) is 4.79 Å². The normalized spacial score (nSPS) is 11.1. The number of nitrogens with one attached hydrogen (secondary N) is 1. The van der Waals surface area contributed by atoms with Crippen molar-refractivity contribution >= 4 is 11.9 Å². The molecule has 1 heterocycles. The Labute approximate surface area is 180 Å². The summed E-state index contributed by atoms with van der Waals surface area (Å²) >= 11 is 0. The highest BCUT2D eigenvalue weighted by atomic mass is 16.5. The molecular formula is C24H23N5O2. The number of anilines is 1. The molecule has 0 aliphatic rings. The summed E-state index contributed by atoms with van der Waals surface area (Å²) in [4.78, 5) is 13.0. The van der Waals surface area contributed by atoms with Gasteiger partial charge in [-0.25, -0.2) is 4.79 Å². The molecule has 0 bridgehead atoms. The third-order valence-corrected chi connectivity index (χ3v) is 4.95. The quantitative estimate of drug-likeness (QED) is 0.351. The maximum atomic E-state index is 11.8. The molecular weight excluding hydrogens is 390 g/mol. The second kappa shape index (κ2) is 9.21. The molecule has 156 valence electrons. The van der Waals surface area contributed by atoms with Crippen LogP contribution in [-0.2, 0) is 21.6 Å². The molecule has 0 spiro atoms. The van der Waals surface area contributed by atoms with Crippen molar-refractivity contribution in [2.75, 3.05) is 11.9 Å². The van der Waals surface area contributed by atoms with Gasteiger partial charge in [-0.3, -0.25) is 0 Å². The first-order chi connectivity index (χ1) is 15.2. The Kier molecular flexibility index (Phi) is 6.03. The number of benzene rings is 3. The summed E-state index contributed by atoms with van der Waals surface area (Å²) < 4.78 is 4.98. The van der Waals surface area contributed by atoms with Crippen molar-refractivity contribution in [1.29, 1.82) is 0 Å². The highest BCUT2D eigenvalue weighted by Crippen LogP contribution is 2.39. The van der Waals surface area contributed by atoms with Gasteiger partial charge >= 0.3 is 5.97 Å². The summed E-state index contributed by atoms with van der Waals surface area (Å²) in [6.45, 7) is 1.96. The number of hydrogen-bond donors (Lipinski definition) is 1. The first-order valence-electron chi connectivity index (χ1n) is 10.1. The zero-order valence-electron chi connectivity index (χ0n) is 17.2. The van der Waals surface area contributed by atoms with E-state index in [2.05, 4.69) is 57.1 Å². The summed E-state index contributed by atoms with van der Waals surface area (Å²) in [5.74, 6) is -0.104. The van der Waals surface area contributed by atoms with Crippen molar-refractivity contribution in [3.05, 3.63) is 108 Å². The standard InChI is InChI=1S/C24H23N5O2/c1-2-31-22(30)18-29-27-23(26-28-29)25-24(19-12-6-3-7-13-19,20-14-8-4-9-15-20)21-16-10-5-11-17-21/h3-17H,2,18H2,1H3,(H,25,27). The molecule has 4 rings (SSSR count). The van der Waals surface area contributed by atoms with Crippen LogP contribution >= 0.6 is 0 Å². The number of hydrogen-bond acceptors (Lipinski definition) is 6. The molecule has 1 aromatic heterocycles. The lowest BCUT2D eigenvalue weighted by Crippen LogP contribution is -2.38. The fourth-order valence-electron chi connectivity index (χ4n) is 3.63. The van der Waals surface area contributed by atoms with Crippen LogP contribution in [-0.4, -0.2) is 32.8 Å². The molecule has 0 atom stereocenters. The monoisotopic (exact) mass is 413 g/mol. The zero-order valence-corrected chi connectivity index (χ0v) is 17.2. The minimum absolute atomic E-state index is 0.0997. The van der Waals surface area contributed by atoms with E-state index in [0.29, 0.717) is 12.6 Å². The number of rotatable bonds is 8. The van der Waals surface area contributed by atoms with Crippen LogP contribution in [0.4, 0.5) is 5.95 Å². The fourth-order valence-corrected chi connectivity index (χ4v) is 3.63. The largest absolute Gasteiger partial charge is 0.465 e. The highest BCUT2D eigenvalue weighted by Gasteiger charge is 2.37. The summed E-state index contributed by atoms with van der Waals surface area (Å²) in [5.41, 5.74) is 2.30. The number of esters is 1. The number of nitrogens with zero attached hydrogens (tertiary/aromatic N) is 4. The van der Waals surface area contributed by atoms with Gasteiger partial charge in [-0.1, -0.05) is 96.1 Å². The third-order valence-electron chi connectivity index (χ3n) is 4.95. The lowest BCUT2D eigenvalue weighted by molar-refractivity contribution is -0.144. The Morgan fingerprint density at radius 2 is 1.35 bits per heavy atom. The van der Waals surface area contributed by atoms with Gasteiger partial charge in [0.1, 0.15) is 5.54 Å². The SMILES string of the molecule is CCOC(=O)Cn1nnc(NC(c2ccccc2)(c2ccccc2)c2ccccc2)n1. The first kappa shape index (κ1) is 20.3. The molecule has 0 aliphatic carbocycles. The van der Waals surface area contributed by atoms with Crippen molar-refractivity contribution in [1.82, 2.24) is 20.2 Å². The van der Waals surface area contributed by atoms with Gasteiger partial charge in [-0.2, -0.15) is 4.80 Å². The van der Waals surface area contributed by atoms with Gasteiger partial charge in [0.2, 0.25) is 0 Å². The van der Waals surface area contributed by atoms with Crippen molar-refractivity contribution in [3.8, 4) is 0 Å². The Bertz CT molecular complexity index is 1020. The molecule has 0 unspecified atom stereocenters. The van der Waals surface area contributed by atoms with Crippen LogP contribution in [0.5, 0.6) is 0 Å². The second-order valence-electron chi connectivity index (χ2n) is 6.92. The molecule has 7 heteroatoms. The topological polar surface area (TPSA) is 81.9 Å². The Morgan fingerprint density at radius 1 is 0.871 bits per heavy atom. The highest BCUT2D eigenvalue weighted by molar-refractivity contribution is 5.68. The average Bonchev–Trinajstić information content (AvgIpc) is 3.26. The van der Waals surface area contributed by atoms with Crippen molar-refractivity contribution in [2.24, 2.45) is 0 Å². The van der Waals surface area contributed by atoms with Gasteiger partial charge in [-0.05, 0) is 28.8 Å². The molecule has 0 radical (unpaired) electrons. The van der Waals surface area contributed by atoms with E-state index >= 15 is 0 Å². The average molecular weight is 413 g/mol. The third kappa shape index (κ3) is 4.30.